The van der Waals surface area contributed by atoms with Crippen LogP contribution in [0.1, 0.15) is 57.1 Å². The lowest BCUT2D eigenvalue weighted by Gasteiger charge is -2.34. The number of amides is 5. The van der Waals surface area contributed by atoms with Crippen LogP contribution < -0.4 is 21.7 Å². The molecule has 1 unspecified atom stereocenters. The number of para-hydroxylation sites is 1. The highest BCUT2D eigenvalue weighted by atomic mass is 16.3. The zero-order chi connectivity index (χ0) is 32.4. The lowest BCUT2D eigenvalue weighted by molar-refractivity contribution is -0.128. The van der Waals surface area contributed by atoms with E-state index in [0.717, 1.165) is 10.9 Å². The second kappa shape index (κ2) is 15.3. The summed E-state index contributed by atoms with van der Waals surface area (Å²) in [5, 5.41) is 20.6. The van der Waals surface area contributed by atoms with Crippen molar-refractivity contribution in [3.63, 3.8) is 0 Å². The van der Waals surface area contributed by atoms with Gasteiger partial charge in [-0.25, -0.2) is 9.78 Å². The molecule has 0 saturated carbocycles. The number of primary amides is 1. The van der Waals surface area contributed by atoms with Crippen LogP contribution in [0.15, 0.2) is 66.7 Å². The quantitative estimate of drug-likeness (QED) is 0.201. The van der Waals surface area contributed by atoms with Gasteiger partial charge in [0.15, 0.2) is 0 Å². The Labute approximate surface area is 258 Å². The fourth-order valence-electron chi connectivity index (χ4n) is 4.70. The van der Waals surface area contributed by atoms with Crippen molar-refractivity contribution >= 4 is 34.7 Å². The van der Waals surface area contributed by atoms with Crippen molar-refractivity contribution in [1.29, 1.82) is 0 Å². The predicted octanol–water partition coefficient (Wildman–Crippen LogP) is 2.76. The highest BCUT2D eigenvalue weighted by Gasteiger charge is 2.31. The van der Waals surface area contributed by atoms with Crippen LogP contribution >= 0.6 is 0 Å². The third kappa shape index (κ3) is 10.6. The summed E-state index contributed by atoms with van der Waals surface area (Å²) in [5.74, 6) is -2.03. The SMILES string of the molecule is CC(C)CN(CC(O)[C@H](Cc1ccccc1)NC(=O)[C@@H](CC(N)=O)NC(=O)c1ccc2ccccc2n1)C(=O)NC(C)(C)C. The highest BCUT2D eigenvalue weighted by Crippen LogP contribution is 2.14. The van der Waals surface area contributed by atoms with E-state index in [4.69, 9.17) is 5.73 Å². The molecule has 0 radical (unpaired) electrons. The van der Waals surface area contributed by atoms with Gasteiger partial charge in [-0.1, -0.05) is 68.4 Å². The van der Waals surface area contributed by atoms with Gasteiger partial charge in [0.2, 0.25) is 11.8 Å². The first-order valence-corrected chi connectivity index (χ1v) is 14.8. The van der Waals surface area contributed by atoms with Crippen molar-refractivity contribution in [3.05, 3.63) is 78.0 Å². The molecule has 0 spiro atoms. The molecule has 11 heteroatoms. The fourth-order valence-corrected chi connectivity index (χ4v) is 4.70. The Hall–Kier alpha value is -4.51. The van der Waals surface area contributed by atoms with Crippen LogP contribution in [-0.4, -0.2) is 75.6 Å². The number of carbonyl (C=O) groups is 4. The van der Waals surface area contributed by atoms with E-state index in [1.807, 2.05) is 77.1 Å². The largest absolute Gasteiger partial charge is 0.389 e. The molecule has 0 aliphatic rings. The Balaban J connectivity index is 1.83. The first-order valence-electron chi connectivity index (χ1n) is 14.8. The van der Waals surface area contributed by atoms with Gasteiger partial charge in [-0.15, -0.1) is 0 Å². The topological polar surface area (TPSA) is 167 Å². The van der Waals surface area contributed by atoms with Crippen molar-refractivity contribution in [3.8, 4) is 0 Å². The predicted molar refractivity (Wildman–Crippen MR) is 170 cm³/mol. The molecule has 0 saturated heterocycles. The van der Waals surface area contributed by atoms with Gasteiger partial charge in [0.05, 0.1) is 30.6 Å². The normalized spacial score (nSPS) is 13.5. The van der Waals surface area contributed by atoms with Gasteiger partial charge in [-0.3, -0.25) is 14.4 Å². The molecule has 44 heavy (non-hydrogen) atoms. The Kier molecular flexibility index (Phi) is 11.8. The Morgan fingerprint density at radius 1 is 0.909 bits per heavy atom. The highest BCUT2D eigenvalue weighted by molar-refractivity contribution is 5.99. The van der Waals surface area contributed by atoms with E-state index in [0.29, 0.717) is 12.1 Å². The van der Waals surface area contributed by atoms with Crippen LogP contribution in [0.4, 0.5) is 4.79 Å². The summed E-state index contributed by atoms with van der Waals surface area (Å²) in [6.45, 7) is 9.86. The third-order valence-corrected chi connectivity index (χ3v) is 6.71. The van der Waals surface area contributed by atoms with Crippen molar-refractivity contribution in [2.45, 2.75) is 71.2 Å². The number of hydrogen-bond donors (Lipinski definition) is 5. The number of carbonyl (C=O) groups excluding carboxylic acids is 4. The number of rotatable bonds is 13. The molecule has 6 N–H and O–H groups in total. The number of hydrogen-bond acceptors (Lipinski definition) is 6. The van der Waals surface area contributed by atoms with E-state index in [1.54, 1.807) is 18.2 Å². The number of aliphatic hydroxyl groups excluding tert-OH is 1. The Morgan fingerprint density at radius 2 is 1.57 bits per heavy atom. The van der Waals surface area contributed by atoms with Gasteiger partial charge in [0.1, 0.15) is 11.7 Å². The minimum atomic E-state index is -1.32. The average molecular weight is 605 g/mol. The van der Waals surface area contributed by atoms with Crippen LogP contribution in [0.25, 0.3) is 10.9 Å². The molecule has 0 fully saturated rings. The van der Waals surface area contributed by atoms with E-state index in [9.17, 15) is 24.3 Å². The van der Waals surface area contributed by atoms with Crippen molar-refractivity contribution in [2.24, 2.45) is 11.7 Å². The fraction of sp³-hybridized carbons (Fsp3) is 0.424. The molecule has 3 atom stereocenters. The van der Waals surface area contributed by atoms with Gasteiger partial charge in [-0.2, -0.15) is 0 Å². The van der Waals surface area contributed by atoms with Gasteiger partial charge in [0.25, 0.3) is 5.91 Å². The molecule has 0 aliphatic carbocycles. The smallest absolute Gasteiger partial charge is 0.317 e. The molecule has 0 bridgehead atoms. The second-order valence-corrected chi connectivity index (χ2v) is 12.4. The third-order valence-electron chi connectivity index (χ3n) is 6.71. The number of aliphatic hydroxyl groups is 1. The van der Waals surface area contributed by atoms with Crippen molar-refractivity contribution in [2.75, 3.05) is 13.1 Å². The van der Waals surface area contributed by atoms with E-state index >= 15 is 0 Å². The van der Waals surface area contributed by atoms with Crippen LogP contribution in [0.2, 0.25) is 0 Å². The zero-order valence-corrected chi connectivity index (χ0v) is 26.0. The maximum atomic E-state index is 13.6. The van der Waals surface area contributed by atoms with Crippen LogP contribution in [0, 0.1) is 5.92 Å². The number of nitrogens with zero attached hydrogens (tertiary/aromatic N) is 2. The molecular weight excluding hydrogens is 560 g/mol. The summed E-state index contributed by atoms with van der Waals surface area (Å²) in [5.41, 5.74) is 6.46. The van der Waals surface area contributed by atoms with E-state index < -0.39 is 47.9 Å². The first kappa shape index (κ1) is 34.0. The number of fused-ring (bicyclic) bond motifs is 1. The standard InChI is InChI=1S/C33H44N6O5/c1-21(2)19-39(32(44)38-33(3,4)5)20-28(40)26(17-22-11-7-6-8-12-22)36-31(43)27(18-29(34)41)37-30(42)25-16-15-23-13-9-10-14-24(23)35-25/h6-16,21,26-28,40H,17-20H2,1-5H3,(H2,34,41)(H,36,43)(H,37,42)(H,38,44)/t26-,27+,28?/m0/s1. The average Bonchev–Trinajstić information content (AvgIpc) is 2.94. The van der Waals surface area contributed by atoms with Gasteiger partial charge < -0.3 is 31.7 Å². The molecule has 5 amide bonds. The summed E-state index contributed by atoms with van der Waals surface area (Å²) in [7, 11) is 0. The van der Waals surface area contributed by atoms with Crippen LogP contribution in [0.3, 0.4) is 0 Å². The van der Waals surface area contributed by atoms with Crippen molar-refractivity contribution in [1.82, 2.24) is 25.8 Å². The number of benzene rings is 2. The molecule has 2 aromatic carbocycles. The van der Waals surface area contributed by atoms with E-state index in [1.165, 1.54) is 11.0 Å². The molecule has 236 valence electrons. The van der Waals surface area contributed by atoms with Crippen LogP contribution in [0.5, 0.6) is 0 Å². The minimum Gasteiger partial charge on any atom is -0.389 e. The lowest BCUT2D eigenvalue weighted by Crippen LogP contribution is -2.57. The maximum Gasteiger partial charge on any atom is 0.317 e. The Morgan fingerprint density at radius 3 is 2.20 bits per heavy atom. The summed E-state index contributed by atoms with van der Waals surface area (Å²) in [4.78, 5) is 57.7. The zero-order valence-electron chi connectivity index (χ0n) is 26.0. The number of nitrogens with two attached hydrogens (primary N) is 1. The van der Waals surface area contributed by atoms with Gasteiger partial charge in [0, 0.05) is 17.5 Å². The number of aromatic nitrogens is 1. The summed E-state index contributed by atoms with van der Waals surface area (Å²) in [6, 6.07) is 17.3. The van der Waals surface area contributed by atoms with Gasteiger partial charge >= 0.3 is 6.03 Å². The molecule has 1 aromatic heterocycles. The summed E-state index contributed by atoms with van der Waals surface area (Å²) in [6.07, 6.45) is -1.42. The molecule has 1 heterocycles. The maximum absolute atomic E-state index is 13.6. The first-order chi connectivity index (χ1) is 20.7. The second-order valence-electron chi connectivity index (χ2n) is 12.4. The molecule has 3 rings (SSSR count). The monoisotopic (exact) mass is 604 g/mol. The van der Waals surface area contributed by atoms with Gasteiger partial charge in [-0.05, 0) is 50.8 Å². The summed E-state index contributed by atoms with van der Waals surface area (Å²) >= 11 is 0. The van der Waals surface area contributed by atoms with Crippen molar-refractivity contribution < 1.29 is 24.3 Å². The van der Waals surface area contributed by atoms with E-state index in [-0.39, 0.29) is 30.6 Å². The Bertz CT molecular complexity index is 1440. The number of pyridine rings is 1. The van der Waals surface area contributed by atoms with Crippen LogP contribution in [-0.2, 0) is 16.0 Å². The van der Waals surface area contributed by atoms with E-state index in [2.05, 4.69) is 20.9 Å². The lowest BCUT2D eigenvalue weighted by atomic mass is 9.99. The molecule has 0 aliphatic heterocycles. The number of nitrogens with one attached hydrogen (secondary N) is 3. The summed E-state index contributed by atoms with van der Waals surface area (Å²) < 4.78 is 0. The number of urea groups is 1. The molecular formula is C33H44N6O5. The molecule has 11 nitrogen and oxygen atoms in total. The molecule has 3 aromatic rings. The minimum absolute atomic E-state index is 0.0638.